The van der Waals surface area contributed by atoms with E-state index in [4.69, 9.17) is 33.7 Å². The maximum Gasteiger partial charge on any atom is 0.228 e. The van der Waals surface area contributed by atoms with Crippen molar-refractivity contribution in [3.05, 3.63) is 63.6 Å². The van der Waals surface area contributed by atoms with Crippen LogP contribution in [0.3, 0.4) is 0 Å². The number of hydrogen-bond donors (Lipinski definition) is 1. The van der Waals surface area contributed by atoms with Crippen molar-refractivity contribution in [2.75, 3.05) is 26.7 Å². The van der Waals surface area contributed by atoms with Gasteiger partial charge in [-0.3, -0.25) is 9.59 Å². The number of nitrogens with zero attached hydrogens (tertiary/aromatic N) is 1. The Morgan fingerprint density at radius 1 is 1.17 bits per heavy atom. The van der Waals surface area contributed by atoms with Gasteiger partial charge in [0.15, 0.2) is 6.29 Å². The van der Waals surface area contributed by atoms with E-state index in [1.807, 2.05) is 18.2 Å². The van der Waals surface area contributed by atoms with E-state index in [-0.39, 0.29) is 12.5 Å². The van der Waals surface area contributed by atoms with Gasteiger partial charge < -0.3 is 15.4 Å². The molecule has 1 heterocycles. The number of benzene rings is 2. The monoisotopic (exact) mass is 436 g/mol. The molecular formula is C22H26Cl2N2O3. The van der Waals surface area contributed by atoms with Crippen LogP contribution in [0.1, 0.15) is 24.0 Å². The van der Waals surface area contributed by atoms with Crippen LogP contribution in [0.15, 0.2) is 42.5 Å². The lowest BCUT2D eigenvalue weighted by Crippen LogP contribution is -2.49. The average Bonchev–Trinajstić information content (AvgIpc) is 2.71. The third-order valence-corrected chi connectivity index (χ3v) is 6.00. The van der Waals surface area contributed by atoms with E-state index in [0.717, 1.165) is 37.1 Å². The van der Waals surface area contributed by atoms with Gasteiger partial charge in [0.1, 0.15) is 17.4 Å². The number of primary amides is 1. The standard InChI is InChI=1S/C14H20N2O.C8H6Cl2O2/c1-11-5-3-4-6-12(11)14(13(15)17)7-9-16(2)10-8-14;9-6-2-1-3-7(8(6)10)12-5-4-11/h3-6H,7-10H2,1-2H3,(H2,15,17);1-4H,5H2. The highest BCUT2D eigenvalue weighted by atomic mass is 35.5. The topological polar surface area (TPSA) is 72.6 Å². The Morgan fingerprint density at radius 3 is 2.41 bits per heavy atom. The van der Waals surface area contributed by atoms with E-state index in [1.54, 1.807) is 18.2 Å². The molecule has 29 heavy (non-hydrogen) atoms. The summed E-state index contributed by atoms with van der Waals surface area (Å²) in [7, 11) is 2.09. The number of halogens is 2. The molecule has 5 nitrogen and oxygen atoms in total. The average molecular weight is 437 g/mol. The summed E-state index contributed by atoms with van der Waals surface area (Å²) < 4.78 is 4.98. The van der Waals surface area contributed by atoms with Crippen molar-refractivity contribution >= 4 is 35.4 Å². The lowest BCUT2D eigenvalue weighted by atomic mass is 9.71. The number of aldehydes is 1. The maximum atomic E-state index is 11.9. The van der Waals surface area contributed by atoms with Crippen LogP contribution in [0.25, 0.3) is 0 Å². The molecule has 0 aromatic heterocycles. The summed E-state index contributed by atoms with van der Waals surface area (Å²) in [4.78, 5) is 24.2. The molecule has 0 unspecified atom stereocenters. The van der Waals surface area contributed by atoms with Gasteiger partial charge in [-0.05, 0) is 63.2 Å². The molecule has 1 aliphatic rings. The van der Waals surface area contributed by atoms with Crippen molar-refractivity contribution in [3.63, 3.8) is 0 Å². The molecule has 0 spiro atoms. The van der Waals surface area contributed by atoms with E-state index in [0.29, 0.717) is 22.1 Å². The summed E-state index contributed by atoms with van der Waals surface area (Å²) >= 11 is 11.4. The van der Waals surface area contributed by atoms with E-state index in [2.05, 4.69) is 24.9 Å². The van der Waals surface area contributed by atoms with Crippen molar-refractivity contribution < 1.29 is 14.3 Å². The number of carbonyl (C=O) groups excluding carboxylic acids is 2. The first-order valence-electron chi connectivity index (χ1n) is 9.37. The zero-order valence-corrected chi connectivity index (χ0v) is 18.2. The molecule has 0 atom stereocenters. The summed E-state index contributed by atoms with van der Waals surface area (Å²) in [5.41, 5.74) is 7.51. The van der Waals surface area contributed by atoms with Crippen molar-refractivity contribution in [2.45, 2.75) is 25.2 Å². The quantitative estimate of drug-likeness (QED) is 0.718. The summed E-state index contributed by atoms with van der Waals surface area (Å²) in [6, 6.07) is 13.1. The molecule has 0 radical (unpaired) electrons. The first-order valence-corrected chi connectivity index (χ1v) is 10.1. The lowest BCUT2D eigenvalue weighted by Gasteiger charge is -2.39. The number of piperidine rings is 1. The zero-order chi connectivity index (χ0) is 21.4. The zero-order valence-electron chi connectivity index (χ0n) is 16.7. The van der Waals surface area contributed by atoms with Crippen LogP contribution in [0.4, 0.5) is 0 Å². The molecule has 2 N–H and O–H groups in total. The maximum absolute atomic E-state index is 11.9. The summed E-state index contributed by atoms with van der Waals surface area (Å²) in [6.45, 7) is 3.90. The SMILES string of the molecule is Cc1ccccc1C1(C(N)=O)CCN(C)CC1.O=CCOc1cccc(Cl)c1Cl. The number of carbonyl (C=O) groups is 2. The van der Waals surface area contributed by atoms with Crippen molar-refractivity contribution in [2.24, 2.45) is 5.73 Å². The van der Waals surface area contributed by atoms with Crippen molar-refractivity contribution in [1.29, 1.82) is 0 Å². The Bertz CT molecular complexity index is 850. The summed E-state index contributed by atoms with van der Waals surface area (Å²) in [6.07, 6.45) is 2.30. The van der Waals surface area contributed by atoms with Crippen LogP contribution < -0.4 is 10.5 Å². The van der Waals surface area contributed by atoms with Gasteiger partial charge in [0.05, 0.1) is 10.4 Å². The van der Waals surface area contributed by atoms with E-state index < -0.39 is 5.41 Å². The van der Waals surface area contributed by atoms with Crippen LogP contribution in [0, 0.1) is 6.92 Å². The van der Waals surface area contributed by atoms with Crippen LogP contribution in [-0.4, -0.2) is 43.8 Å². The number of rotatable bonds is 5. The van der Waals surface area contributed by atoms with Gasteiger partial charge in [-0.1, -0.05) is 53.5 Å². The lowest BCUT2D eigenvalue weighted by molar-refractivity contribution is -0.125. The number of ether oxygens (including phenoxy) is 1. The first kappa shape index (κ1) is 23.2. The van der Waals surface area contributed by atoms with Gasteiger partial charge >= 0.3 is 0 Å². The second kappa shape index (κ2) is 10.6. The molecule has 156 valence electrons. The van der Waals surface area contributed by atoms with Gasteiger partial charge in [0.25, 0.3) is 0 Å². The molecule has 1 amide bonds. The molecule has 3 rings (SSSR count). The largest absolute Gasteiger partial charge is 0.485 e. The molecular weight excluding hydrogens is 411 g/mol. The normalized spacial score (nSPS) is 15.7. The minimum absolute atomic E-state index is 0.0138. The second-order valence-corrected chi connectivity index (χ2v) is 7.88. The van der Waals surface area contributed by atoms with Gasteiger partial charge in [-0.2, -0.15) is 0 Å². The number of aryl methyl sites for hydroxylation is 1. The molecule has 7 heteroatoms. The number of nitrogens with two attached hydrogens (primary N) is 1. The van der Waals surface area contributed by atoms with Crippen molar-refractivity contribution in [1.82, 2.24) is 4.90 Å². The Kier molecular flexibility index (Phi) is 8.50. The highest BCUT2D eigenvalue weighted by Gasteiger charge is 2.41. The fraction of sp³-hybridized carbons (Fsp3) is 0.364. The third kappa shape index (κ3) is 5.72. The number of hydrogen-bond acceptors (Lipinski definition) is 4. The Balaban J connectivity index is 0.000000221. The molecule has 1 saturated heterocycles. The van der Waals surface area contributed by atoms with E-state index in [1.165, 1.54) is 0 Å². The fourth-order valence-corrected chi connectivity index (χ4v) is 3.82. The molecule has 1 fully saturated rings. The second-order valence-electron chi connectivity index (χ2n) is 7.09. The molecule has 2 aromatic rings. The van der Waals surface area contributed by atoms with Gasteiger partial charge in [0, 0.05) is 0 Å². The number of amides is 1. The molecule has 1 aliphatic heterocycles. The molecule has 0 bridgehead atoms. The predicted molar refractivity (Wildman–Crippen MR) is 117 cm³/mol. The Morgan fingerprint density at radius 2 is 1.83 bits per heavy atom. The first-order chi connectivity index (χ1) is 13.8. The van der Waals surface area contributed by atoms with E-state index >= 15 is 0 Å². The van der Waals surface area contributed by atoms with E-state index in [9.17, 15) is 9.59 Å². The van der Waals surface area contributed by atoms with Crippen molar-refractivity contribution in [3.8, 4) is 5.75 Å². The van der Waals surface area contributed by atoms with Crippen LogP contribution >= 0.6 is 23.2 Å². The highest BCUT2D eigenvalue weighted by molar-refractivity contribution is 6.42. The molecule has 0 aliphatic carbocycles. The Hall–Kier alpha value is -2.08. The Labute approximate surface area is 181 Å². The minimum atomic E-state index is -0.460. The predicted octanol–water partition coefficient (Wildman–Crippen LogP) is 4.01. The smallest absolute Gasteiger partial charge is 0.228 e. The summed E-state index contributed by atoms with van der Waals surface area (Å²) in [5, 5.41) is 0.751. The number of likely N-dealkylation sites (tertiary alicyclic amines) is 1. The highest BCUT2D eigenvalue weighted by Crippen LogP contribution is 2.36. The van der Waals surface area contributed by atoms with Gasteiger partial charge in [-0.15, -0.1) is 0 Å². The van der Waals surface area contributed by atoms with Gasteiger partial charge in [-0.25, -0.2) is 0 Å². The van der Waals surface area contributed by atoms with Crippen LogP contribution in [-0.2, 0) is 15.0 Å². The third-order valence-electron chi connectivity index (χ3n) is 5.20. The van der Waals surface area contributed by atoms with Crippen LogP contribution in [0.2, 0.25) is 10.0 Å². The summed E-state index contributed by atoms with van der Waals surface area (Å²) in [5.74, 6) is 0.246. The van der Waals surface area contributed by atoms with Crippen LogP contribution in [0.5, 0.6) is 5.75 Å². The van der Waals surface area contributed by atoms with Gasteiger partial charge in [0.2, 0.25) is 5.91 Å². The minimum Gasteiger partial charge on any atom is -0.485 e. The molecule has 2 aromatic carbocycles. The molecule has 0 saturated carbocycles. The fourth-order valence-electron chi connectivity index (χ4n) is 3.48.